The Labute approximate surface area is 74.7 Å². The van der Waals surface area contributed by atoms with Gasteiger partial charge in [-0.3, -0.25) is 0 Å². The standard InChI is InChI=1S/2C2H3N3.Ni/c2*3-1-5-2-4;/h2*1-2H,(H-2,3,4,5);/q2*-2;. The molecule has 11 heavy (non-hydrogen) atoms. The summed E-state index contributed by atoms with van der Waals surface area (Å²) in [5.74, 6) is 0. The minimum absolute atomic E-state index is 0. The van der Waals surface area contributed by atoms with Crippen LogP contribution in [0.25, 0.3) is 22.3 Å². The first-order valence-electron chi connectivity index (χ1n) is 2.13. The van der Waals surface area contributed by atoms with E-state index in [9.17, 15) is 0 Å². The van der Waals surface area contributed by atoms with Crippen molar-refractivity contribution in [3.63, 3.8) is 0 Å². The molecule has 0 aliphatic heterocycles. The molecule has 7 heteroatoms. The molecule has 0 aliphatic rings. The molecule has 0 atom stereocenters. The predicted octanol–water partition coefficient (Wildman–Crippen LogP) is 1.33. The molecule has 0 bridgehead atoms. The normalized spacial score (nSPS) is 8.00. The first-order valence-corrected chi connectivity index (χ1v) is 2.13. The third kappa shape index (κ3) is 52.3. The summed E-state index contributed by atoms with van der Waals surface area (Å²) in [7, 11) is 0. The maximum absolute atomic E-state index is 7.62. The SMILES string of the molecule is [N-]=CN=C[NH-].[N-]=CN=C[NH-].[Ni]. The van der Waals surface area contributed by atoms with Crippen LogP contribution < -0.4 is 0 Å². The van der Waals surface area contributed by atoms with Gasteiger partial charge in [0.15, 0.2) is 0 Å². The summed E-state index contributed by atoms with van der Waals surface area (Å²) < 4.78 is 0. The maximum Gasteiger partial charge on any atom is 0 e. The molecule has 0 unspecified atom stereocenters. The van der Waals surface area contributed by atoms with E-state index in [1.54, 1.807) is 0 Å². The molecule has 2 N–H and O–H groups in total. The smallest absolute Gasteiger partial charge is 0 e. The summed E-state index contributed by atoms with van der Waals surface area (Å²) >= 11 is 0. The predicted molar refractivity (Wildman–Crippen MR) is 44.5 cm³/mol. The third-order valence-electron chi connectivity index (χ3n) is 0.282. The molecule has 0 aliphatic carbocycles. The van der Waals surface area contributed by atoms with Crippen LogP contribution in [0.2, 0.25) is 0 Å². The van der Waals surface area contributed by atoms with Crippen molar-refractivity contribution in [2.45, 2.75) is 0 Å². The van der Waals surface area contributed by atoms with Gasteiger partial charge in [-0.25, -0.2) is 0 Å². The average molecular weight is 197 g/mol. The van der Waals surface area contributed by atoms with Gasteiger partial charge in [0, 0.05) is 16.5 Å². The van der Waals surface area contributed by atoms with Gasteiger partial charge < -0.3 is 32.3 Å². The number of hydrogen-bond donors (Lipinski definition) is 0. The van der Waals surface area contributed by atoms with Gasteiger partial charge >= 0.3 is 0 Å². The number of aliphatic imine (C=N–C) groups is 2. The molecule has 0 aromatic heterocycles. The van der Waals surface area contributed by atoms with Gasteiger partial charge in [0.2, 0.25) is 0 Å². The Hall–Kier alpha value is -1.23. The molecule has 0 aromatic carbocycles. The fourth-order valence-corrected chi connectivity index (χ4v) is 0.0667. The summed E-state index contributed by atoms with van der Waals surface area (Å²) in [6, 6.07) is 0. The molecule has 6 nitrogen and oxygen atoms in total. The van der Waals surface area contributed by atoms with Crippen molar-refractivity contribution in [2.75, 3.05) is 0 Å². The van der Waals surface area contributed by atoms with Gasteiger partial charge in [0.05, 0.1) is 0 Å². The van der Waals surface area contributed by atoms with Crippen LogP contribution in [-0.2, 0) is 16.5 Å². The molecule has 0 rings (SSSR count). The Morgan fingerprint density at radius 1 is 0.909 bits per heavy atom. The molecule has 66 valence electrons. The maximum atomic E-state index is 7.62. The second-order valence-corrected chi connectivity index (χ2v) is 0.787. The topological polar surface area (TPSA) is 117 Å². The second kappa shape index (κ2) is 23.3. The van der Waals surface area contributed by atoms with Crippen LogP contribution in [0.15, 0.2) is 9.98 Å². The van der Waals surface area contributed by atoms with Crippen LogP contribution in [0, 0.1) is 0 Å². The second-order valence-electron chi connectivity index (χ2n) is 0.787. The number of nitrogens with one attached hydrogen (secondary N) is 2. The van der Waals surface area contributed by atoms with Crippen LogP contribution in [0.1, 0.15) is 0 Å². The summed E-state index contributed by atoms with van der Waals surface area (Å²) in [5, 5.41) is 15.2. The summed E-state index contributed by atoms with van der Waals surface area (Å²) in [4.78, 5) is 5.89. The Morgan fingerprint density at radius 2 is 1.18 bits per heavy atom. The number of nitrogens with zero attached hydrogens (tertiary/aromatic N) is 4. The zero-order valence-electron chi connectivity index (χ0n) is 5.41. The van der Waals surface area contributed by atoms with E-state index in [-0.39, 0.29) is 16.5 Å². The first kappa shape index (κ1) is 16.4. The van der Waals surface area contributed by atoms with Crippen LogP contribution in [0.3, 0.4) is 0 Å². The van der Waals surface area contributed by atoms with Crippen LogP contribution in [0.4, 0.5) is 0 Å². The molecule has 0 fully saturated rings. The minimum atomic E-state index is 0. The van der Waals surface area contributed by atoms with Gasteiger partial charge in [-0.1, -0.05) is 0 Å². The van der Waals surface area contributed by atoms with Gasteiger partial charge in [-0.05, 0) is 0 Å². The molecule has 0 saturated carbocycles. The Morgan fingerprint density at radius 3 is 1.18 bits per heavy atom. The molecule has 0 amide bonds. The fourth-order valence-electron chi connectivity index (χ4n) is 0.0667. The Kier molecular flexibility index (Phi) is 34.7. The largest absolute Gasteiger partial charge is 0.488 e. The van der Waals surface area contributed by atoms with Crippen LogP contribution in [-0.4, -0.2) is 25.4 Å². The fraction of sp³-hybridized carbons (Fsp3) is 0. The van der Waals surface area contributed by atoms with Crippen molar-refractivity contribution in [2.24, 2.45) is 9.98 Å². The van der Waals surface area contributed by atoms with Gasteiger partial charge in [-0.2, -0.15) is 0 Å². The van der Waals surface area contributed by atoms with E-state index in [2.05, 4.69) is 9.98 Å². The van der Waals surface area contributed by atoms with E-state index in [0.717, 1.165) is 12.7 Å². The van der Waals surface area contributed by atoms with Crippen molar-refractivity contribution < 1.29 is 16.5 Å². The molecular formula is C4H6N6Ni-4. The molecule has 0 heterocycles. The third-order valence-corrected chi connectivity index (χ3v) is 0.282. The summed E-state index contributed by atoms with van der Waals surface area (Å²) in [6.07, 6.45) is 2.62. The van der Waals surface area contributed by atoms with Crippen LogP contribution in [0.5, 0.6) is 0 Å². The molecule has 0 aromatic rings. The van der Waals surface area contributed by atoms with Crippen molar-refractivity contribution in [3.8, 4) is 0 Å². The average Bonchev–Trinajstić information content (AvgIpc) is 1.93. The molecule has 0 spiro atoms. The van der Waals surface area contributed by atoms with E-state index in [1.807, 2.05) is 0 Å². The van der Waals surface area contributed by atoms with Crippen LogP contribution >= 0.6 is 0 Å². The Balaban J connectivity index is -0.000000107. The zero-order chi connectivity index (χ0) is 8.24. The van der Waals surface area contributed by atoms with E-state index < -0.39 is 0 Å². The van der Waals surface area contributed by atoms with Crippen molar-refractivity contribution >= 4 is 25.4 Å². The van der Waals surface area contributed by atoms with E-state index >= 15 is 0 Å². The van der Waals surface area contributed by atoms with E-state index in [1.165, 1.54) is 0 Å². The molecule has 0 radical (unpaired) electrons. The van der Waals surface area contributed by atoms with Crippen molar-refractivity contribution in [3.05, 3.63) is 22.3 Å². The van der Waals surface area contributed by atoms with Crippen molar-refractivity contribution in [1.82, 2.24) is 0 Å². The monoisotopic (exact) mass is 196 g/mol. The zero-order valence-corrected chi connectivity index (χ0v) is 6.40. The number of rotatable bonds is 2. The minimum Gasteiger partial charge on any atom is -0.488 e. The van der Waals surface area contributed by atoms with E-state index in [4.69, 9.17) is 22.3 Å². The molecule has 0 saturated heterocycles. The van der Waals surface area contributed by atoms with Crippen molar-refractivity contribution in [1.29, 1.82) is 0 Å². The summed E-state index contributed by atoms with van der Waals surface area (Å²) in [6.45, 7) is 0. The van der Waals surface area contributed by atoms with Gasteiger partial charge in [0.25, 0.3) is 0 Å². The first-order chi connectivity index (χ1) is 4.83. The molecular weight excluding hydrogens is 191 g/mol. The number of hydrogen-bond acceptors (Lipinski definition) is 0. The summed E-state index contributed by atoms with van der Waals surface area (Å²) in [5.41, 5.74) is 12.2. The van der Waals surface area contributed by atoms with Gasteiger partial charge in [-0.15, -0.1) is 25.4 Å². The van der Waals surface area contributed by atoms with E-state index in [0.29, 0.717) is 12.7 Å². The quantitative estimate of drug-likeness (QED) is 0.360. The van der Waals surface area contributed by atoms with Gasteiger partial charge in [0.1, 0.15) is 0 Å². The Bertz CT molecular complexity index is 115.